The molecule has 116 valence electrons. The number of aromatic nitrogens is 1. The maximum absolute atomic E-state index is 11.8. The lowest BCUT2D eigenvalue weighted by molar-refractivity contribution is -0.121. The summed E-state index contributed by atoms with van der Waals surface area (Å²) in [6.07, 6.45) is 2.93. The van der Waals surface area contributed by atoms with E-state index in [2.05, 4.69) is 24.1 Å². The van der Waals surface area contributed by atoms with Crippen LogP contribution < -0.4 is 10.9 Å². The number of likely N-dealkylation sites (tertiary alicyclic amines) is 1. The van der Waals surface area contributed by atoms with Gasteiger partial charge in [-0.2, -0.15) is 0 Å². The Bertz CT molecular complexity index is 516. The molecule has 21 heavy (non-hydrogen) atoms. The third-order valence-corrected chi connectivity index (χ3v) is 3.91. The average molecular weight is 291 g/mol. The van der Waals surface area contributed by atoms with E-state index in [0.717, 1.165) is 31.5 Å². The fraction of sp³-hybridized carbons (Fsp3) is 0.625. The van der Waals surface area contributed by atoms with E-state index < -0.39 is 0 Å². The van der Waals surface area contributed by atoms with Gasteiger partial charge in [-0.3, -0.25) is 9.59 Å². The Labute approximate surface area is 126 Å². The number of rotatable bonds is 5. The van der Waals surface area contributed by atoms with Crippen LogP contribution in [-0.4, -0.2) is 41.6 Å². The van der Waals surface area contributed by atoms with Crippen LogP contribution in [0.25, 0.3) is 0 Å². The van der Waals surface area contributed by atoms with Crippen LogP contribution in [0.4, 0.5) is 0 Å². The topological polar surface area (TPSA) is 54.3 Å². The highest BCUT2D eigenvalue weighted by atomic mass is 16.2. The van der Waals surface area contributed by atoms with E-state index >= 15 is 0 Å². The van der Waals surface area contributed by atoms with Crippen LogP contribution in [0.1, 0.15) is 20.3 Å². The Hall–Kier alpha value is -1.62. The molecule has 5 nitrogen and oxygen atoms in total. The van der Waals surface area contributed by atoms with E-state index in [0.29, 0.717) is 6.54 Å². The standard InChI is InChI=1S/C16H25N3O2/c1-13-9-14(2)11-18(10-13)8-6-17-15(20)12-19-7-4-3-5-16(19)21/h3-5,7,13-14H,6,8-12H2,1-2H3,(H,17,20). The van der Waals surface area contributed by atoms with Crippen LogP contribution >= 0.6 is 0 Å². The van der Waals surface area contributed by atoms with Crippen molar-refractivity contribution in [1.29, 1.82) is 0 Å². The highest BCUT2D eigenvalue weighted by molar-refractivity contribution is 5.75. The lowest BCUT2D eigenvalue weighted by atomic mass is 9.92. The van der Waals surface area contributed by atoms with E-state index in [9.17, 15) is 9.59 Å². The minimum absolute atomic E-state index is 0.0898. The minimum Gasteiger partial charge on any atom is -0.353 e. The Morgan fingerprint density at radius 3 is 2.67 bits per heavy atom. The summed E-state index contributed by atoms with van der Waals surface area (Å²) < 4.78 is 1.42. The molecule has 0 spiro atoms. The normalized spacial score (nSPS) is 23.0. The molecule has 1 aliphatic rings. The zero-order valence-electron chi connectivity index (χ0n) is 12.9. The van der Waals surface area contributed by atoms with Crippen molar-refractivity contribution < 1.29 is 4.79 Å². The average Bonchev–Trinajstić information content (AvgIpc) is 2.40. The van der Waals surface area contributed by atoms with Crippen molar-refractivity contribution in [2.45, 2.75) is 26.8 Å². The van der Waals surface area contributed by atoms with Crippen LogP contribution in [0.15, 0.2) is 29.2 Å². The van der Waals surface area contributed by atoms with Crippen molar-refractivity contribution in [2.24, 2.45) is 11.8 Å². The molecule has 1 N–H and O–H groups in total. The van der Waals surface area contributed by atoms with E-state index in [1.807, 2.05) is 0 Å². The second-order valence-electron chi connectivity index (χ2n) is 6.22. The largest absolute Gasteiger partial charge is 0.353 e. The second-order valence-corrected chi connectivity index (χ2v) is 6.22. The summed E-state index contributed by atoms with van der Waals surface area (Å²) in [7, 11) is 0. The monoisotopic (exact) mass is 291 g/mol. The molecule has 0 aliphatic carbocycles. The zero-order chi connectivity index (χ0) is 15.2. The predicted molar refractivity (Wildman–Crippen MR) is 83.1 cm³/mol. The van der Waals surface area contributed by atoms with Gasteiger partial charge in [0.25, 0.3) is 5.56 Å². The second kappa shape index (κ2) is 7.41. The maximum Gasteiger partial charge on any atom is 0.250 e. The highest BCUT2D eigenvalue weighted by Gasteiger charge is 2.21. The van der Waals surface area contributed by atoms with Gasteiger partial charge in [-0.1, -0.05) is 19.9 Å². The molecule has 1 amide bonds. The van der Waals surface area contributed by atoms with Crippen LogP contribution in [0.5, 0.6) is 0 Å². The Balaban J connectivity index is 1.72. The molecule has 5 heteroatoms. The van der Waals surface area contributed by atoms with Gasteiger partial charge >= 0.3 is 0 Å². The molecule has 1 saturated heterocycles. The first-order chi connectivity index (χ1) is 10.0. The van der Waals surface area contributed by atoms with E-state index in [1.54, 1.807) is 18.3 Å². The van der Waals surface area contributed by atoms with E-state index in [-0.39, 0.29) is 18.0 Å². The summed E-state index contributed by atoms with van der Waals surface area (Å²) in [5.41, 5.74) is -0.147. The lowest BCUT2D eigenvalue weighted by Crippen LogP contribution is -2.43. The summed E-state index contributed by atoms with van der Waals surface area (Å²) in [4.78, 5) is 25.8. The van der Waals surface area contributed by atoms with Gasteiger partial charge in [0.2, 0.25) is 5.91 Å². The van der Waals surface area contributed by atoms with Crippen LogP contribution in [0.3, 0.4) is 0 Å². The predicted octanol–water partition coefficient (Wildman–Crippen LogP) is 0.942. The van der Waals surface area contributed by atoms with Gasteiger partial charge in [-0.25, -0.2) is 0 Å². The minimum atomic E-state index is -0.147. The maximum atomic E-state index is 11.8. The third kappa shape index (κ3) is 5.01. The van der Waals surface area contributed by atoms with Crippen molar-refractivity contribution in [3.8, 4) is 0 Å². The number of nitrogens with zero attached hydrogens (tertiary/aromatic N) is 2. The summed E-state index contributed by atoms with van der Waals surface area (Å²) >= 11 is 0. The molecule has 2 atom stereocenters. The Morgan fingerprint density at radius 1 is 1.29 bits per heavy atom. The molecular formula is C16H25N3O2. The van der Waals surface area contributed by atoms with Gasteiger partial charge in [-0.15, -0.1) is 0 Å². The number of carbonyl (C=O) groups is 1. The molecular weight excluding hydrogens is 266 g/mol. The van der Waals surface area contributed by atoms with Gasteiger partial charge in [-0.05, 0) is 24.3 Å². The molecule has 0 radical (unpaired) electrons. The summed E-state index contributed by atoms with van der Waals surface area (Å²) in [5.74, 6) is 1.35. The summed E-state index contributed by atoms with van der Waals surface area (Å²) in [5, 5.41) is 2.90. The SMILES string of the molecule is CC1CC(C)CN(CCNC(=O)Cn2ccccc2=O)C1. The fourth-order valence-corrected chi connectivity index (χ4v) is 3.13. The Morgan fingerprint density at radius 2 is 2.00 bits per heavy atom. The number of hydrogen-bond donors (Lipinski definition) is 1. The first-order valence-corrected chi connectivity index (χ1v) is 7.69. The number of nitrogens with one attached hydrogen (secondary N) is 1. The van der Waals surface area contributed by atoms with Crippen molar-refractivity contribution in [3.05, 3.63) is 34.7 Å². The molecule has 0 aromatic carbocycles. The molecule has 0 saturated carbocycles. The van der Waals surface area contributed by atoms with Crippen LogP contribution in [0.2, 0.25) is 0 Å². The number of piperidine rings is 1. The molecule has 1 fully saturated rings. The first kappa shape index (κ1) is 15.8. The molecule has 2 unspecified atom stereocenters. The lowest BCUT2D eigenvalue weighted by Gasteiger charge is -2.34. The Kier molecular flexibility index (Phi) is 5.56. The molecule has 1 aliphatic heterocycles. The summed E-state index contributed by atoms with van der Waals surface area (Å²) in [6, 6.07) is 4.89. The van der Waals surface area contributed by atoms with Gasteiger partial charge in [0.1, 0.15) is 6.54 Å². The highest BCUT2D eigenvalue weighted by Crippen LogP contribution is 2.20. The molecule has 1 aromatic rings. The van der Waals surface area contributed by atoms with Gasteiger partial charge < -0.3 is 14.8 Å². The molecule has 2 rings (SSSR count). The molecule has 0 bridgehead atoms. The van der Waals surface area contributed by atoms with Crippen molar-refractivity contribution in [3.63, 3.8) is 0 Å². The quantitative estimate of drug-likeness (QED) is 0.878. The number of pyridine rings is 1. The number of amides is 1. The van der Waals surface area contributed by atoms with Crippen LogP contribution in [-0.2, 0) is 11.3 Å². The van der Waals surface area contributed by atoms with E-state index in [4.69, 9.17) is 0 Å². The summed E-state index contributed by atoms with van der Waals surface area (Å²) in [6.45, 7) is 8.39. The zero-order valence-corrected chi connectivity index (χ0v) is 12.9. The smallest absolute Gasteiger partial charge is 0.250 e. The van der Waals surface area contributed by atoms with Gasteiger partial charge in [0.05, 0.1) is 0 Å². The van der Waals surface area contributed by atoms with Gasteiger partial charge in [0, 0.05) is 38.4 Å². The first-order valence-electron chi connectivity index (χ1n) is 7.69. The molecule has 2 heterocycles. The molecule has 1 aromatic heterocycles. The van der Waals surface area contributed by atoms with Crippen LogP contribution in [0, 0.1) is 11.8 Å². The van der Waals surface area contributed by atoms with Crippen molar-refractivity contribution in [2.75, 3.05) is 26.2 Å². The van der Waals surface area contributed by atoms with Gasteiger partial charge in [0.15, 0.2) is 0 Å². The van der Waals surface area contributed by atoms with Crippen molar-refractivity contribution >= 4 is 5.91 Å². The fourth-order valence-electron chi connectivity index (χ4n) is 3.13. The third-order valence-electron chi connectivity index (χ3n) is 3.91. The van der Waals surface area contributed by atoms with Crippen molar-refractivity contribution in [1.82, 2.24) is 14.8 Å². The van der Waals surface area contributed by atoms with E-state index in [1.165, 1.54) is 17.1 Å². The number of hydrogen-bond acceptors (Lipinski definition) is 3. The number of carbonyl (C=O) groups excluding carboxylic acids is 1.